The Morgan fingerprint density at radius 2 is 2.04 bits per heavy atom. The van der Waals surface area contributed by atoms with Crippen molar-refractivity contribution in [3.63, 3.8) is 0 Å². The molecule has 2 aromatic heterocycles. The number of hydroxylamine groups is 1. The fourth-order valence-electron chi connectivity index (χ4n) is 1.91. The average molecular weight is 313 g/mol. The Morgan fingerprint density at radius 3 is 2.83 bits per heavy atom. The minimum Gasteiger partial charge on any atom is -0.461 e. The molecule has 0 atom stereocenters. The zero-order chi connectivity index (χ0) is 15.9. The fourth-order valence-corrected chi connectivity index (χ4v) is 1.91. The molecule has 0 saturated carbocycles. The summed E-state index contributed by atoms with van der Waals surface area (Å²) in [5.74, 6) is 1.01. The Bertz CT molecular complexity index is 738. The SMILES string of the molecule is O=C(CCc1nc(-c2ccco2)no1)NOCc1ccccc1. The maximum absolute atomic E-state index is 11.7. The molecule has 1 aromatic carbocycles. The van der Waals surface area contributed by atoms with Crippen LogP contribution in [0.1, 0.15) is 17.9 Å². The Balaban J connectivity index is 1.41. The van der Waals surface area contributed by atoms with Crippen LogP contribution in [0.2, 0.25) is 0 Å². The first kappa shape index (κ1) is 15.0. The number of aromatic nitrogens is 2. The highest BCUT2D eigenvalue weighted by molar-refractivity contribution is 5.74. The van der Waals surface area contributed by atoms with Gasteiger partial charge in [0.1, 0.15) is 0 Å². The van der Waals surface area contributed by atoms with Gasteiger partial charge in [-0.15, -0.1) is 0 Å². The van der Waals surface area contributed by atoms with Gasteiger partial charge in [0.15, 0.2) is 5.76 Å². The molecule has 3 aromatic rings. The van der Waals surface area contributed by atoms with Gasteiger partial charge in [0.05, 0.1) is 12.9 Å². The second-order valence-electron chi connectivity index (χ2n) is 4.79. The molecule has 0 unspecified atom stereocenters. The molecule has 0 fully saturated rings. The number of carbonyl (C=O) groups excluding carboxylic acids is 1. The zero-order valence-electron chi connectivity index (χ0n) is 12.3. The number of rotatable bonds is 7. The van der Waals surface area contributed by atoms with E-state index in [2.05, 4.69) is 15.6 Å². The molecule has 0 aliphatic heterocycles. The minimum absolute atomic E-state index is 0.189. The standard InChI is InChI=1S/C16H15N3O4/c20-14(18-22-11-12-5-2-1-3-6-12)8-9-15-17-16(19-23-15)13-7-4-10-21-13/h1-7,10H,8-9,11H2,(H,18,20). The number of nitrogens with one attached hydrogen (secondary N) is 1. The number of carbonyl (C=O) groups is 1. The number of amides is 1. The van der Waals surface area contributed by atoms with E-state index < -0.39 is 0 Å². The highest BCUT2D eigenvalue weighted by Gasteiger charge is 2.12. The molecule has 7 heteroatoms. The van der Waals surface area contributed by atoms with E-state index in [4.69, 9.17) is 13.8 Å². The molecule has 7 nitrogen and oxygen atoms in total. The van der Waals surface area contributed by atoms with Gasteiger partial charge in [0.25, 0.3) is 0 Å². The molecular weight excluding hydrogens is 298 g/mol. The summed E-state index contributed by atoms with van der Waals surface area (Å²) in [4.78, 5) is 21.0. The molecule has 0 saturated heterocycles. The summed E-state index contributed by atoms with van der Waals surface area (Å²) in [6.07, 6.45) is 2.05. The van der Waals surface area contributed by atoms with Crippen LogP contribution in [0.15, 0.2) is 57.7 Å². The van der Waals surface area contributed by atoms with Crippen molar-refractivity contribution < 1.29 is 18.6 Å². The van der Waals surface area contributed by atoms with Crippen LogP contribution in [0.5, 0.6) is 0 Å². The van der Waals surface area contributed by atoms with Crippen molar-refractivity contribution in [3.05, 3.63) is 60.2 Å². The van der Waals surface area contributed by atoms with Gasteiger partial charge in [-0.3, -0.25) is 9.63 Å². The number of benzene rings is 1. The zero-order valence-corrected chi connectivity index (χ0v) is 12.3. The quantitative estimate of drug-likeness (QED) is 0.674. The van der Waals surface area contributed by atoms with Crippen LogP contribution in [0.25, 0.3) is 11.6 Å². The van der Waals surface area contributed by atoms with E-state index >= 15 is 0 Å². The molecule has 118 valence electrons. The lowest BCUT2D eigenvalue weighted by atomic mass is 10.2. The number of aryl methyl sites for hydroxylation is 1. The van der Waals surface area contributed by atoms with E-state index in [1.165, 1.54) is 6.26 Å². The highest BCUT2D eigenvalue weighted by atomic mass is 16.6. The Hall–Kier alpha value is -2.93. The lowest BCUT2D eigenvalue weighted by Gasteiger charge is -2.04. The summed E-state index contributed by atoms with van der Waals surface area (Å²) in [7, 11) is 0. The van der Waals surface area contributed by atoms with Crippen LogP contribution < -0.4 is 5.48 Å². The first-order valence-electron chi connectivity index (χ1n) is 7.12. The summed E-state index contributed by atoms with van der Waals surface area (Å²) < 4.78 is 10.2. The molecule has 0 spiro atoms. The van der Waals surface area contributed by atoms with Crippen molar-refractivity contribution in [2.24, 2.45) is 0 Å². The molecule has 0 aliphatic carbocycles. The number of hydrogen-bond donors (Lipinski definition) is 1. The van der Waals surface area contributed by atoms with Crippen molar-refractivity contribution >= 4 is 5.91 Å². The van der Waals surface area contributed by atoms with Gasteiger partial charge in [-0.25, -0.2) is 5.48 Å². The largest absolute Gasteiger partial charge is 0.461 e. The third kappa shape index (κ3) is 4.27. The number of nitrogens with zero attached hydrogens (tertiary/aromatic N) is 2. The first-order chi connectivity index (χ1) is 11.3. The van der Waals surface area contributed by atoms with Crippen LogP contribution in [0.4, 0.5) is 0 Å². The summed E-state index contributed by atoms with van der Waals surface area (Å²) >= 11 is 0. The number of hydrogen-bond acceptors (Lipinski definition) is 6. The highest BCUT2D eigenvalue weighted by Crippen LogP contribution is 2.16. The Morgan fingerprint density at radius 1 is 1.17 bits per heavy atom. The smallest absolute Gasteiger partial charge is 0.244 e. The third-order valence-electron chi connectivity index (χ3n) is 3.04. The molecule has 1 amide bonds. The van der Waals surface area contributed by atoms with Crippen molar-refractivity contribution in [2.75, 3.05) is 0 Å². The molecule has 0 bridgehead atoms. The lowest BCUT2D eigenvalue weighted by Crippen LogP contribution is -2.23. The van der Waals surface area contributed by atoms with Gasteiger partial charge < -0.3 is 8.94 Å². The first-order valence-corrected chi connectivity index (χ1v) is 7.12. The summed E-state index contributed by atoms with van der Waals surface area (Å²) in [6.45, 7) is 0.315. The van der Waals surface area contributed by atoms with Crippen molar-refractivity contribution in [2.45, 2.75) is 19.4 Å². The van der Waals surface area contributed by atoms with Gasteiger partial charge in [-0.2, -0.15) is 4.98 Å². The maximum Gasteiger partial charge on any atom is 0.244 e. The molecule has 0 radical (unpaired) electrons. The Labute approximate surface area is 132 Å². The van der Waals surface area contributed by atoms with Gasteiger partial charge >= 0.3 is 0 Å². The topological polar surface area (TPSA) is 90.4 Å². The molecular formula is C16H15N3O4. The van der Waals surface area contributed by atoms with E-state index in [-0.39, 0.29) is 12.3 Å². The third-order valence-corrected chi connectivity index (χ3v) is 3.04. The average Bonchev–Trinajstić information content (AvgIpc) is 3.25. The van der Waals surface area contributed by atoms with E-state index in [0.29, 0.717) is 30.5 Å². The molecule has 23 heavy (non-hydrogen) atoms. The van der Waals surface area contributed by atoms with Crippen LogP contribution >= 0.6 is 0 Å². The predicted molar refractivity (Wildman–Crippen MR) is 79.7 cm³/mol. The second-order valence-corrected chi connectivity index (χ2v) is 4.79. The molecule has 1 N–H and O–H groups in total. The van der Waals surface area contributed by atoms with Crippen molar-refractivity contribution in [1.29, 1.82) is 0 Å². The molecule has 0 aliphatic rings. The normalized spacial score (nSPS) is 10.6. The van der Waals surface area contributed by atoms with E-state index in [1.807, 2.05) is 30.3 Å². The van der Waals surface area contributed by atoms with Crippen LogP contribution in [0.3, 0.4) is 0 Å². The lowest BCUT2D eigenvalue weighted by molar-refractivity contribution is -0.134. The summed E-state index contributed by atoms with van der Waals surface area (Å²) in [5, 5.41) is 3.80. The van der Waals surface area contributed by atoms with Crippen molar-refractivity contribution in [3.8, 4) is 11.6 Å². The van der Waals surface area contributed by atoms with E-state index in [0.717, 1.165) is 5.56 Å². The van der Waals surface area contributed by atoms with E-state index in [1.54, 1.807) is 12.1 Å². The number of furan rings is 1. The van der Waals surface area contributed by atoms with Gasteiger partial charge in [0.2, 0.25) is 17.6 Å². The van der Waals surface area contributed by atoms with E-state index in [9.17, 15) is 4.79 Å². The summed E-state index contributed by atoms with van der Waals surface area (Å²) in [6, 6.07) is 13.0. The van der Waals surface area contributed by atoms with Gasteiger partial charge in [-0.05, 0) is 17.7 Å². The maximum atomic E-state index is 11.7. The molecule has 2 heterocycles. The van der Waals surface area contributed by atoms with Gasteiger partial charge in [-0.1, -0.05) is 35.5 Å². The Kier molecular flexibility index (Phi) is 4.80. The predicted octanol–water partition coefficient (Wildman–Crippen LogP) is 2.51. The van der Waals surface area contributed by atoms with Crippen LogP contribution in [-0.2, 0) is 22.7 Å². The van der Waals surface area contributed by atoms with Gasteiger partial charge in [0, 0.05) is 12.8 Å². The van der Waals surface area contributed by atoms with Crippen LogP contribution in [0, 0.1) is 0 Å². The monoisotopic (exact) mass is 313 g/mol. The fraction of sp³-hybridized carbons (Fsp3) is 0.188. The van der Waals surface area contributed by atoms with Crippen LogP contribution in [-0.4, -0.2) is 16.0 Å². The molecule has 3 rings (SSSR count). The minimum atomic E-state index is -0.251. The second kappa shape index (κ2) is 7.37. The summed E-state index contributed by atoms with van der Waals surface area (Å²) in [5.41, 5.74) is 3.37. The van der Waals surface area contributed by atoms with Crippen molar-refractivity contribution in [1.82, 2.24) is 15.6 Å².